The first kappa shape index (κ1) is 11.4. The summed E-state index contributed by atoms with van der Waals surface area (Å²) in [4.78, 5) is 1.43. The second-order valence-electron chi connectivity index (χ2n) is 5.80. The van der Waals surface area contributed by atoms with E-state index in [-0.39, 0.29) is 4.75 Å². The first-order chi connectivity index (χ1) is 9.17. The van der Waals surface area contributed by atoms with Crippen molar-refractivity contribution in [1.29, 1.82) is 0 Å². The Morgan fingerprint density at radius 2 is 1.58 bits per heavy atom. The van der Waals surface area contributed by atoms with Gasteiger partial charge in [0.15, 0.2) is 0 Å². The number of hydrogen-bond donors (Lipinski definition) is 0. The Morgan fingerprint density at radius 3 is 2.42 bits per heavy atom. The van der Waals surface area contributed by atoms with Crippen molar-refractivity contribution in [3.63, 3.8) is 0 Å². The molecule has 0 N–H and O–H groups in total. The smallest absolute Gasteiger partial charge is 0.0408 e. The zero-order valence-corrected chi connectivity index (χ0v) is 12.1. The molecule has 0 atom stereocenters. The second kappa shape index (κ2) is 3.77. The molecule has 0 saturated carbocycles. The van der Waals surface area contributed by atoms with E-state index in [0.717, 1.165) is 6.42 Å². The van der Waals surface area contributed by atoms with E-state index in [2.05, 4.69) is 62.4 Å². The maximum atomic E-state index is 2.35. The largest absolute Gasteiger partial charge is 0.114 e. The van der Waals surface area contributed by atoms with Crippen LogP contribution in [0, 0.1) is 0 Å². The van der Waals surface area contributed by atoms with Crippen LogP contribution in [0.25, 0.3) is 11.1 Å². The maximum Gasteiger partial charge on any atom is 0.0408 e. The molecule has 1 aliphatic heterocycles. The van der Waals surface area contributed by atoms with Gasteiger partial charge in [-0.05, 0) is 54.2 Å². The fourth-order valence-electron chi connectivity index (χ4n) is 3.41. The molecule has 0 aromatic heterocycles. The fourth-order valence-corrected chi connectivity index (χ4v) is 4.74. The lowest BCUT2D eigenvalue weighted by Crippen LogP contribution is -2.20. The third kappa shape index (κ3) is 1.54. The van der Waals surface area contributed by atoms with Crippen LogP contribution in [0.2, 0.25) is 0 Å². The van der Waals surface area contributed by atoms with Crippen LogP contribution in [0.3, 0.4) is 0 Å². The van der Waals surface area contributed by atoms with Gasteiger partial charge in [-0.15, -0.1) is 11.8 Å². The number of hydrogen-bond acceptors (Lipinski definition) is 1. The van der Waals surface area contributed by atoms with E-state index in [1.54, 1.807) is 11.1 Å². The first-order valence-corrected chi connectivity index (χ1v) is 7.59. The lowest BCUT2D eigenvalue weighted by Gasteiger charge is -2.33. The highest BCUT2D eigenvalue weighted by Crippen LogP contribution is 2.56. The summed E-state index contributed by atoms with van der Waals surface area (Å²) < 4.78 is 0.163. The molecule has 94 valence electrons. The van der Waals surface area contributed by atoms with Crippen molar-refractivity contribution in [2.75, 3.05) is 0 Å². The Kier molecular flexibility index (Phi) is 2.25. The normalized spacial score (nSPS) is 18.8. The van der Waals surface area contributed by atoms with E-state index >= 15 is 0 Å². The van der Waals surface area contributed by atoms with Crippen LogP contribution in [0.5, 0.6) is 0 Å². The molecule has 1 aliphatic carbocycles. The van der Waals surface area contributed by atoms with Gasteiger partial charge in [0, 0.05) is 9.64 Å². The van der Waals surface area contributed by atoms with Crippen molar-refractivity contribution < 1.29 is 0 Å². The molecular formula is C18H16S. The molecule has 19 heavy (non-hydrogen) atoms. The summed E-state index contributed by atoms with van der Waals surface area (Å²) in [5, 5.41) is 0. The zero-order valence-electron chi connectivity index (χ0n) is 11.2. The first-order valence-electron chi connectivity index (χ1n) is 6.77. The van der Waals surface area contributed by atoms with Crippen LogP contribution >= 0.6 is 11.8 Å². The Labute approximate surface area is 118 Å². The highest BCUT2D eigenvalue weighted by Gasteiger charge is 2.38. The molecule has 2 aromatic carbocycles. The molecule has 0 unspecified atom stereocenters. The summed E-state index contributed by atoms with van der Waals surface area (Å²) in [6, 6.07) is 17.7. The van der Waals surface area contributed by atoms with Crippen molar-refractivity contribution in [3.8, 4) is 0 Å². The Bertz CT molecular complexity index is 707. The Hall–Kier alpha value is -1.47. The highest BCUT2D eigenvalue weighted by molar-refractivity contribution is 8.01. The third-order valence-corrected chi connectivity index (χ3v) is 5.43. The minimum atomic E-state index is 0.163. The average Bonchev–Trinajstić information content (AvgIpc) is 2.78. The standard InChI is InChI=1S/C18H16S/c1-18(2)17-13-8-4-3-7-12(13)11-15(17)14-9-5-6-10-16(14)19-18/h3-10H,11H2,1-2H3. The second-order valence-corrected chi connectivity index (χ2v) is 7.46. The van der Waals surface area contributed by atoms with Crippen molar-refractivity contribution in [2.24, 2.45) is 0 Å². The SMILES string of the molecule is CC1(C)Sc2ccccc2C2=C1c1ccccc1C2. The number of rotatable bonds is 0. The lowest BCUT2D eigenvalue weighted by molar-refractivity contribution is 0.916. The molecule has 4 rings (SSSR count). The van der Waals surface area contributed by atoms with Gasteiger partial charge in [-0.2, -0.15) is 0 Å². The summed E-state index contributed by atoms with van der Waals surface area (Å²) in [6.45, 7) is 4.70. The van der Waals surface area contributed by atoms with E-state index in [1.807, 2.05) is 11.8 Å². The summed E-state index contributed by atoms with van der Waals surface area (Å²) in [5.74, 6) is 0. The molecule has 2 aromatic rings. The van der Waals surface area contributed by atoms with Gasteiger partial charge in [-0.1, -0.05) is 42.5 Å². The molecule has 1 heteroatoms. The van der Waals surface area contributed by atoms with Crippen molar-refractivity contribution in [1.82, 2.24) is 0 Å². The molecule has 0 spiro atoms. The number of benzene rings is 2. The topological polar surface area (TPSA) is 0 Å². The molecule has 0 bridgehead atoms. The molecule has 2 aliphatic rings. The minimum absolute atomic E-state index is 0.163. The van der Waals surface area contributed by atoms with Gasteiger partial charge in [0.05, 0.1) is 0 Å². The zero-order chi connectivity index (χ0) is 13.0. The van der Waals surface area contributed by atoms with Crippen molar-refractivity contribution >= 4 is 22.9 Å². The lowest BCUT2D eigenvalue weighted by atomic mass is 9.91. The van der Waals surface area contributed by atoms with Crippen LogP contribution in [0.4, 0.5) is 0 Å². The van der Waals surface area contributed by atoms with Crippen molar-refractivity contribution in [2.45, 2.75) is 29.9 Å². The van der Waals surface area contributed by atoms with Gasteiger partial charge in [-0.25, -0.2) is 0 Å². The maximum absolute atomic E-state index is 2.35. The molecule has 0 amide bonds. The van der Waals surface area contributed by atoms with E-state index in [1.165, 1.54) is 21.6 Å². The fraction of sp³-hybridized carbons (Fsp3) is 0.222. The number of thioether (sulfide) groups is 1. The summed E-state index contributed by atoms with van der Waals surface area (Å²) in [7, 11) is 0. The van der Waals surface area contributed by atoms with Gasteiger partial charge < -0.3 is 0 Å². The molecule has 0 fully saturated rings. The van der Waals surface area contributed by atoms with Crippen molar-refractivity contribution in [3.05, 3.63) is 65.2 Å². The van der Waals surface area contributed by atoms with Gasteiger partial charge in [0.1, 0.15) is 0 Å². The molecule has 0 nitrogen and oxygen atoms in total. The van der Waals surface area contributed by atoms with Crippen LogP contribution < -0.4 is 0 Å². The van der Waals surface area contributed by atoms with Gasteiger partial charge >= 0.3 is 0 Å². The summed E-state index contributed by atoms with van der Waals surface area (Å²) in [5.41, 5.74) is 7.48. The minimum Gasteiger partial charge on any atom is -0.114 e. The average molecular weight is 264 g/mol. The Morgan fingerprint density at radius 1 is 0.895 bits per heavy atom. The van der Waals surface area contributed by atoms with E-state index in [9.17, 15) is 0 Å². The summed E-state index contributed by atoms with van der Waals surface area (Å²) in [6.07, 6.45) is 1.09. The van der Waals surface area contributed by atoms with Crippen LogP contribution in [0.15, 0.2) is 53.4 Å². The summed E-state index contributed by atoms with van der Waals surface area (Å²) >= 11 is 2.00. The van der Waals surface area contributed by atoms with Gasteiger partial charge in [-0.3, -0.25) is 0 Å². The monoisotopic (exact) mass is 264 g/mol. The highest BCUT2D eigenvalue weighted by atomic mass is 32.2. The predicted octanol–water partition coefficient (Wildman–Crippen LogP) is 5.04. The van der Waals surface area contributed by atoms with Gasteiger partial charge in [0.25, 0.3) is 0 Å². The Balaban J connectivity index is 2.02. The number of fused-ring (bicyclic) bond motifs is 4. The van der Waals surface area contributed by atoms with Crippen LogP contribution in [-0.4, -0.2) is 4.75 Å². The molecule has 0 saturated heterocycles. The quantitative estimate of drug-likeness (QED) is 0.642. The van der Waals surface area contributed by atoms with Gasteiger partial charge in [0.2, 0.25) is 0 Å². The third-order valence-electron chi connectivity index (χ3n) is 4.14. The van der Waals surface area contributed by atoms with Crippen LogP contribution in [-0.2, 0) is 6.42 Å². The molecule has 0 radical (unpaired) electrons. The van der Waals surface area contributed by atoms with E-state index < -0.39 is 0 Å². The van der Waals surface area contributed by atoms with E-state index in [4.69, 9.17) is 0 Å². The molecular weight excluding hydrogens is 248 g/mol. The predicted molar refractivity (Wildman–Crippen MR) is 83.3 cm³/mol. The van der Waals surface area contributed by atoms with E-state index in [0.29, 0.717) is 0 Å². The van der Waals surface area contributed by atoms with Crippen LogP contribution in [0.1, 0.15) is 30.5 Å². The number of allylic oxidation sites excluding steroid dienone is 1. The molecule has 1 heterocycles.